The zero-order valence-electron chi connectivity index (χ0n) is 11.5. The second-order valence-corrected chi connectivity index (χ2v) is 5.24. The molecule has 20 heavy (non-hydrogen) atoms. The zero-order valence-corrected chi connectivity index (χ0v) is 12.3. The zero-order chi connectivity index (χ0) is 14.5. The maximum absolute atomic E-state index is 11.5. The number of nitrogens with two attached hydrogens (primary N) is 1. The molecule has 0 saturated carbocycles. The van der Waals surface area contributed by atoms with Gasteiger partial charge in [0.15, 0.2) is 5.16 Å². The number of benzene rings is 1. The van der Waals surface area contributed by atoms with Gasteiger partial charge in [-0.2, -0.15) is 0 Å². The SMILES string of the molecule is CCn1c(SCC(N)c2cccc(OC)c2)n[nH]c1=O. The van der Waals surface area contributed by atoms with Crippen molar-refractivity contribution >= 4 is 11.8 Å². The van der Waals surface area contributed by atoms with Gasteiger partial charge in [0, 0.05) is 18.3 Å². The van der Waals surface area contributed by atoms with E-state index in [2.05, 4.69) is 10.2 Å². The molecular weight excluding hydrogens is 276 g/mol. The highest BCUT2D eigenvalue weighted by atomic mass is 32.2. The summed E-state index contributed by atoms with van der Waals surface area (Å²) in [5.41, 5.74) is 6.97. The van der Waals surface area contributed by atoms with E-state index in [1.54, 1.807) is 11.7 Å². The van der Waals surface area contributed by atoms with Gasteiger partial charge in [0.25, 0.3) is 0 Å². The van der Waals surface area contributed by atoms with Gasteiger partial charge in [-0.25, -0.2) is 9.89 Å². The first kappa shape index (κ1) is 14.7. The summed E-state index contributed by atoms with van der Waals surface area (Å²) in [6.45, 7) is 2.50. The first-order valence-electron chi connectivity index (χ1n) is 6.33. The highest BCUT2D eigenvalue weighted by Gasteiger charge is 2.12. The van der Waals surface area contributed by atoms with Crippen LogP contribution in [0.25, 0.3) is 0 Å². The molecule has 2 aromatic rings. The van der Waals surface area contributed by atoms with Gasteiger partial charge in [0.2, 0.25) is 0 Å². The van der Waals surface area contributed by atoms with Crippen molar-refractivity contribution in [1.29, 1.82) is 0 Å². The minimum absolute atomic E-state index is 0.146. The van der Waals surface area contributed by atoms with Crippen LogP contribution in [0.5, 0.6) is 5.75 Å². The molecule has 2 rings (SSSR count). The molecule has 7 heteroatoms. The summed E-state index contributed by atoms with van der Waals surface area (Å²) in [6, 6.07) is 7.53. The van der Waals surface area contributed by atoms with E-state index in [0.29, 0.717) is 17.5 Å². The van der Waals surface area contributed by atoms with Crippen LogP contribution in [-0.2, 0) is 6.54 Å². The molecule has 1 unspecified atom stereocenters. The van der Waals surface area contributed by atoms with E-state index in [-0.39, 0.29) is 11.7 Å². The highest BCUT2D eigenvalue weighted by molar-refractivity contribution is 7.99. The molecule has 1 atom stereocenters. The van der Waals surface area contributed by atoms with Gasteiger partial charge in [-0.15, -0.1) is 5.10 Å². The Morgan fingerprint density at radius 1 is 1.55 bits per heavy atom. The van der Waals surface area contributed by atoms with E-state index in [9.17, 15) is 4.79 Å². The lowest BCUT2D eigenvalue weighted by Crippen LogP contribution is -2.17. The predicted molar refractivity (Wildman–Crippen MR) is 79.2 cm³/mol. The van der Waals surface area contributed by atoms with Gasteiger partial charge in [-0.1, -0.05) is 23.9 Å². The number of aromatic amines is 1. The molecular formula is C13H18N4O2S. The standard InChI is InChI=1S/C13H18N4O2S/c1-3-17-12(18)15-16-13(17)20-8-11(14)9-5-4-6-10(7-9)19-2/h4-7,11H,3,8,14H2,1-2H3,(H,15,18). The van der Waals surface area contributed by atoms with E-state index in [1.165, 1.54) is 11.8 Å². The Hall–Kier alpha value is -1.73. The van der Waals surface area contributed by atoms with Gasteiger partial charge in [0.1, 0.15) is 5.75 Å². The Bertz CT molecular complexity index is 623. The Labute approximate surface area is 121 Å². The molecule has 0 aliphatic rings. The van der Waals surface area contributed by atoms with Crippen LogP contribution in [0.15, 0.2) is 34.2 Å². The lowest BCUT2D eigenvalue weighted by molar-refractivity contribution is 0.414. The van der Waals surface area contributed by atoms with E-state index in [1.807, 2.05) is 31.2 Å². The topological polar surface area (TPSA) is 85.9 Å². The van der Waals surface area contributed by atoms with Gasteiger partial charge >= 0.3 is 5.69 Å². The van der Waals surface area contributed by atoms with Gasteiger partial charge in [-0.05, 0) is 24.6 Å². The number of methoxy groups -OCH3 is 1. The smallest absolute Gasteiger partial charge is 0.343 e. The van der Waals surface area contributed by atoms with E-state index in [0.717, 1.165) is 11.3 Å². The average Bonchev–Trinajstić information content (AvgIpc) is 2.84. The Balaban J connectivity index is 2.04. The summed E-state index contributed by atoms with van der Waals surface area (Å²) in [7, 11) is 1.63. The second-order valence-electron chi connectivity index (χ2n) is 4.25. The molecule has 0 spiro atoms. The third kappa shape index (κ3) is 3.23. The highest BCUT2D eigenvalue weighted by Crippen LogP contribution is 2.23. The van der Waals surface area contributed by atoms with Crippen molar-refractivity contribution in [2.75, 3.05) is 12.9 Å². The quantitative estimate of drug-likeness (QED) is 0.786. The van der Waals surface area contributed by atoms with Crippen molar-refractivity contribution in [3.05, 3.63) is 40.3 Å². The summed E-state index contributed by atoms with van der Waals surface area (Å²) in [4.78, 5) is 11.5. The summed E-state index contributed by atoms with van der Waals surface area (Å²) < 4.78 is 6.77. The minimum Gasteiger partial charge on any atom is -0.497 e. The fourth-order valence-electron chi connectivity index (χ4n) is 1.82. The van der Waals surface area contributed by atoms with Crippen molar-refractivity contribution in [2.24, 2.45) is 5.73 Å². The van der Waals surface area contributed by atoms with Crippen molar-refractivity contribution in [3.63, 3.8) is 0 Å². The molecule has 0 bridgehead atoms. The first-order valence-corrected chi connectivity index (χ1v) is 7.31. The number of nitrogens with one attached hydrogen (secondary N) is 1. The number of aromatic nitrogens is 3. The third-order valence-electron chi connectivity index (χ3n) is 2.95. The summed E-state index contributed by atoms with van der Waals surface area (Å²) in [5, 5.41) is 7.10. The average molecular weight is 294 g/mol. The van der Waals surface area contributed by atoms with Gasteiger partial charge < -0.3 is 10.5 Å². The van der Waals surface area contributed by atoms with Gasteiger partial charge in [0.05, 0.1) is 7.11 Å². The molecule has 1 heterocycles. The van der Waals surface area contributed by atoms with Crippen LogP contribution in [0.2, 0.25) is 0 Å². The maximum atomic E-state index is 11.5. The Morgan fingerprint density at radius 2 is 2.35 bits per heavy atom. The number of hydrogen-bond acceptors (Lipinski definition) is 5. The first-order chi connectivity index (χ1) is 9.65. The largest absolute Gasteiger partial charge is 0.497 e. The van der Waals surface area contributed by atoms with Crippen LogP contribution in [-0.4, -0.2) is 27.6 Å². The Morgan fingerprint density at radius 3 is 3.05 bits per heavy atom. The molecule has 0 radical (unpaired) electrons. The van der Waals surface area contributed by atoms with Crippen molar-refractivity contribution in [1.82, 2.24) is 14.8 Å². The van der Waals surface area contributed by atoms with Crippen LogP contribution in [0.4, 0.5) is 0 Å². The number of nitrogens with zero attached hydrogens (tertiary/aromatic N) is 2. The van der Waals surface area contributed by atoms with Crippen LogP contribution < -0.4 is 16.2 Å². The number of thioether (sulfide) groups is 1. The molecule has 1 aromatic carbocycles. The predicted octanol–water partition coefficient (Wildman–Crippen LogP) is 1.39. The summed E-state index contributed by atoms with van der Waals surface area (Å²) >= 11 is 1.46. The second kappa shape index (κ2) is 6.62. The molecule has 3 N–H and O–H groups in total. The molecule has 0 aliphatic carbocycles. The summed E-state index contributed by atoms with van der Waals surface area (Å²) in [6.07, 6.45) is 0. The molecule has 0 aliphatic heterocycles. The number of rotatable bonds is 6. The van der Waals surface area contributed by atoms with Crippen molar-refractivity contribution in [2.45, 2.75) is 24.7 Å². The minimum atomic E-state index is -0.190. The maximum Gasteiger partial charge on any atom is 0.343 e. The van der Waals surface area contributed by atoms with Crippen molar-refractivity contribution < 1.29 is 4.74 Å². The van der Waals surface area contributed by atoms with Crippen LogP contribution in [0, 0.1) is 0 Å². The molecule has 108 valence electrons. The molecule has 0 saturated heterocycles. The molecule has 0 amide bonds. The molecule has 0 fully saturated rings. The van der Waals surface area contributed by atoms with Gasteiger partial charge in [-0.3, -0.25) is 4.57 Å². The molecule has 6 nitrogen and oxygen atoms in total. The lowest BCUT2D eigenvalue weighted by Gasteiger charge is -2.12. The molecule has 1 aromatic heterocycles. The van der Waals surface area contributed by atoms with Crippen LogP contribution >= 0.6 is 11.8 Å². The van der Waals surface area contributed by atoms with E-state index in [4.69, 9.17) is 10.5 Å². The van der Waals surface area contributed by atoms with E-state index < -0.39 is 0 Å². The third-order valence-corrected chi connectivity index (χ3v) is 4.05. The lowest BCUT2D eigenvalue weighted by atomic mass is 10.1. The fourth-order valence-corrected chi connectivity index (χ4v) is 2.82. The number of H-pyrrole nitrogens is 1. The monoisotopic (exact) mass is 294 g/mol. The number of ether oxygens (including phenoxy) is 1. The van der Waals surface area contributed by atoms with Crippen LogP contribution in [0.3, 0.4) is 0 Å². The van der Waals surface area contributed by atoms with Crippen molar-refractivity contribution in [3.8, 4) is 5.75 Å². The fraction of sp³-hybridized carbons (Fsp3) is 0.385. The van der Waals surface area contributed by atoms with E-state index >= 15 is 0 Å². The summed E-state index contributed by atoms with van der Waals surface area (Å²) in [5.74, 6) is 1.42. The normalized spacial score (nSPS) is 12.3. The number of hydrogen-bond donors (Lipinski definition) is 2. The Kier molecular flexibility index (Phi) is 4.86. The van der Waals surface area contributed by atoms with Crippen LogP contribution in [0.1, 0.15) is 18.5 Å².